The maximum absolute atomic E-state index is 13.8. The first-order chi connectivity index (χ1) is 21.4. The van der Waals surface area contributed by atoms with Gasteiger partial charge in [-0.3, -0.25) is 9.36 Å². The standard InChI is InChI=1S/C31H27N5O6S2/c1-40-21-14-15-28(41-2)27(17-21)36-30(33-34-31(36)43-20-29(37)32-18-22-9-8-16-42-22)25-19-35(26-13-7-6-12-24(25)26)44(38,39)23-10-4-3-5-11-23/h3-17,19H,18,20H2,1-2H3,(H,32,37). The fourth-order valence-electron chi connectivity index (χ4n) is 4.74. The van der Waals surface area contributed by atoms with Crippen molar-refractivity contribution in [1.82, 2.24) is 24.1 Å². The van der Waals surface area contributed by atoms with Crippen molar-refractivity contribution in [2.45, 2.75) is 16.6 Å². The normalized spacial score (nSPS) is 11.5. The minimum absolute atomic E-state index is 0.0370. The molecule has 0 saturated carbocycles. The van der Waals surface area contributed by atoms with E-state index in [4.69, 9.17) is 13.9 Å². The van der Waals surface area contributed by atoms with Crippen molar-refractivity contribution in [3.8, 4) is 28.6 Å². The Bertz CT molecular complexity index is 2040. The number of hydrogen-bond donors (Lipinski definition) is 1. The van der Waals surface area contributed by atoms with E-state index in [0.29, 0.717) is 50.4 Å². The van der Waals surface area contributed by atoms with Gasteiger partial charge < -0.3 is 19.2 Å². The van der Waals surface area contributed by atoms with Crippen LogP contribution in [0, 0.1) is 0 Å². The average molecular weight is 630 g/mol. The molecule has 3 heterocycles. The van der Waals surface area contributed by atoms with Crippen molar-refractivity contribution in [2.75, 3.05) is 20.0 Å². The number of rotatable bonds is 11. The predicted molar refractivity (Wildman–Crippen MR) is 166 cm³/mol. The van der Waals surface area contributed by atoms with Gasteiger partial charge in [0.1, 0.15) is 17.3 Å². The third-order valence-corrected chi connectivity index (χ3v) is 9.47. The lowest BCUT2D eigenvalue weighted by molar-refractivity contribution is -0.118. The Balaban J connectivity index is 1.47. The van der Waals surface area contributed by atoms with Crippen LogP contribution in [0.5, 0.6) is 11.5 Å². The van der Waals surface area contributed by atoms with Gasteiger partial charge in [-0.1, -0.05) is 48.2 Å². The zero-order valence-corrected chi connectivity index (χ0v) is 25.3. The number of benzene rings is 3. The molecule has 224 valence electrons. The van der Waals surface area contributed by atoms with Crippen molar-refractivity contribution in [1.29, 1.82) is 0 Å². The average Bonchev–Trinajstić information content (AvgIpc) is 3.82. The zero-order chi connectivity index (χ0) is 30.7. The highest BCUT2D eigenvalue weighted by Crippen LogP contribution is 2.38. The van der Waals surface area contributed by atoms with Gasteiger partial charge in [0.05, 0.1) is 48.9 Å². The van der Waals surface area contributed by atoms with Crippen LogP contribution < -0.4 is 14.8 Å². The molecule has 0 saturated heterocycles. The van der Waals surface area contributed by atoms with Crippen LogP contribution >= 0.6 is 11.8 Å². The maximum atomic E-state index is 13.8. The van der Waals surface area contributed by atoms with Gasteiger partial charge in [-0.2, -0.15) is 0 Å². The highest BCUT2D eigenvalue weighted by atomic mass is 32.2. The van der Waals surface area contributed by atoms with E-state index in [1.165, 1.54) is 15.7 Å². The molecule has 3 aromatic heterocycles. The summed E-state index contributed by atoms with van der Waals surface area (Å²) in [6.45, 7) is 0.253. The molecular weight excluding hydrogens is 603 g/mol. The fraction of sp³-hybridized carbons (Fsp3) is 0.129. The van der Waals surface area contributed by atoms with Crippen LogP contribution in [0.3, 0.4) is 0 Å². The van der Waals surface area contributed by atoms with Crippen LogP contribution in [0.2, 0.25) is 0 Å². The number of thioether (sulfide) groups is 1. The molecule has 11 nitrogen and oxygen atoms in total. The second-order valence-electron chi connectivity index (χ2n) is 9.50. The van der Waals surface area contributed by atoms with Gasteiger partial charge >= 0.3 is 0 Å². The van der Waals surface area contributed by atoms with Crippen LogP contribution in [-0.2, 0) is 21.4 Å². The van der Waals surface area contributed by atoms with E-state index >= 15 is 0 Å². The van der Waals surface area contributed by atoms with Crippen LogP contribution in [0.15, 0.2) is 112 Å². The second kappa shape index (κ2) is 12.3. The summed E-state index contributed by atoms with van der Waals surface area (Å²) in [6.07, 6.45) is 3.09. The van der Waals surface area contributed by atoms with E-state index in [0.717, 1.165) is 0 Å². The Morgan fingerprint density at radius 2 is 1.75 bits per heavy atom. The Labute approximate surface area is 257 Å². The molecule has 6 rings (SSSR count). The molecule has 0 radical (unpaired) electrons. The number of hydrogen-bond acceptors (Lipinski definition) is 9. The van der Waals surface area contributed by atoms with Gasteiger partial charge in [-0.05, 0) is 42.5 Å². The quantitative estimate of drug-likeness (QED) is 0.194. The number of methoxy groups -OCH3 is 2. The summed E-state index contributed by atoms with van der Waals surface area (Å²) in [7, 11) is -0.845. The molecule has 0 unspecified atom stereocenters. The Morgan fingerprint density at radius 1 is 0.955 bits per heavy atom. The Hall–Kier alpha value is -5.01. The summed E-state index contributed by atoms with van der Waals surface area (Å²) in [5.74, 6) is 1.85. The highest BCUT2D eigenvalue weighted by molar-refractivity contribution is 7.99. The summed E-state index contributed by atoms with van der Waals surface area (Å²) in [5, 5.41) is 12.8. The molecule has 0 spiro atoms. The van der Waals surface area contributed by atoms with E-state index < -0.39 is 10.0 Å². The van der Waals surface area contributed by atoms with Crippen LogP contribution in [0.25, 0.3) is 28.0 Å². The number of furan rings is 1. The molecule has 0 aliphatic rings. The van der Waals surface area contributed by atoms with Crippen molar-refractivity contribution in [3.05, 3.63) is 103 Å². The highest BCUT2D eigenvalue weighted by Gasteiger charge is 2.27. The van der Waals surface area contributed by atoms with Gasteiger partial charge in [0.15, 0.2) is 11.0 Å². The smallest absolute Gasteiger partial charge is 0.268 e. The van der Waals surface area contributed by atoms with Crippen molar-refractivity contribution in [3.63, 3.8) is 0 Å². The lowest BCUT2D eigenvalue weighted by Gasteiger charge is -2.15. The minimum Gasteiger partial charge on any atom is -0.497 e. The van der Waals surface area contributed by atoms with Crippen LogP contribution in [-0.4, -0.2) is 53.0 Å². The third kappa shape index (κ3) is 5.54. The monoisotopic (exact) mass is 629 g/mol. The van der Waals surface area contributed by atoms with Gasteiger partial charge in [0.2, 0.25) is 5.91 Å². The van der Waals surface area contributed by atoms with Crippen molar-refractivity contribution >= 4 is 38.6 Å². The van der Waals surface area contributed by atoms with Gasteiger partial charge in [-0.25, -0.2) is 12.4 Å². The minimum atomic E-state index is -3.94. The zero-order valence-electron chi connectivity index (χ0n) is 23.7. The van der Waals surface area contributed by atoms with Crippen molar-refractivity contribution in [2.24, 2.45) is 0 Å². The molecule has 0 fully saturated rings. The first kappa shape index (κ1) is 29.1. The van der Waals surface area contributed by atoms with Gasteiger partial charge in [0.25, 0.3) is 10.0 Å². The lowest BCUT2D eigenvalue weighted by Crippen LogP contribution is -2.24. The number of amides is 1. The molecule has 13 heteroatoms. The third-order valence-electron chi connectivity index (χ3n) is 6.85. The predicted octanol–water partition coefficient (Wildman–Crippen LogP) is 5.14. The largest absolute Gasteiger partial charge is 0.497 e. The fourth-order valence-corrected chi connectivity index (χ4v) is 6.90. The van der Waals surface area contributed by atoms with E-state index in [2.05, 4.69) is 15.5 Å². The number of carbonyl (C=O) groups excluding carboxylic acids is 1. The van der Waals surface area contributed by atoms with Crippen LogP contribution in [0.1, 0.15) is 5.76 Å². The molecule has 1 amide bonds. The number of nitrogens with one attached hydrogen (secondary N) is 1. The SMILES string of the molecule is COc1ccc(OC)c(-n2c(SCC(=O)NCc3ccco3)nnc2-c2cn(S(=O)(=O)c3ccccc3)c3ccccc23)c1. The molecule has 0 atom stereocenters. The van der Waals surface area contributed by atoms with Gasteiger partial charge in [-0.15, -0.1) is 10.2 Å². The molecule has 44 heavy (non-hydrogen) atoms. The number of nitrogens with zero attached hydrogens (tertiary/aromatic N) is 4. The van der Waals surface area contributed by atoms with E-state index in [-0.39, 0.29) is 23.1 Å². The molecule has 1 N–H and O–H groups in total. The van der Waals surface area contributed by atoms with Crippen molar-refractivity contribution < 1.29 is 27.1 Å². The Morgan fingerprint density at radius 3 is 2.50 bits per heavy atom. The Kier molecular flexibility index (Phi) is 8.13. The molecule has 0 aliphatic carbocycles. The second-order valence-corrected chi connectivity index (χ2v) is 12.3. The summed E-state index contributed by atoms with van der Waals surface area (Å²) in [4.78, 5) is 12.9. The molecular formula is C31H27N5O6S2. The molecule has 0 bridgehead atoms. The number of fused-ring (bicyclic) bond motifs is 1. The van der Waals surface area contributed by atoms with E-state index in [1.807, 2.05) is 12.1 Å². The first-order valence-electron chi connectivity index (χ1n) is 13.4. The first-order valence-corrected chi connectivity index (χ1v) is 15.8. The van der Waals surface area contributed by atoms with E-state index in [9.17, 15) is 13.2 Å². The topological polar surface area (TPSA) is 130 Å². The number of carbonyl (C=O) groups is 1. The number of para-hydroxylation sites is 1. The lowest BCUT2D eigenvalue weighted by atomic mass is 10.1. The molecule has 0 aliphatic heterocycles. The number of aromatic nitrogens is 4. The van der Waals surface area contributed by atoms with Gasteiger partial charge in [0, 0.05) is 23.2 Å². The maximum Gasteiger partial charge on any atom is 0.268 e. The number of ether oxygens (including phenoxy) is 2. The molecule has 3 aromatic carbocycles. The summed E-state index contributed by atoms with van der Waals surface area (Å²) < 4.78 is 47.1. The van der Waals surface area contributed by atoms with E-state index in [1.54, 1.807) is 104 Å². The summed E-state index contributed by atoms with van der Waals surface area (Å²) >= 11 is 1.18. The van der Waals surface area contributed by atoms with Crippen LogP contribution in [0.4, 0.5) is 0 Å². The summed E-state index contributed by atoms with van der Waals surface area (Å²) in [6, 6.07) is 24.2. The summed E-state index contributed by atoms with van der Waals surface area (Å²) in [5.41, 5.74) is 1.55. The molecule has 6 aromatic rings.